The third-order valence-corrected chi connectivity index (χ3v) is 4.55. The predicted molar refractivity (Wildman–Crippen MR) is 97.3 cm³/mol. The highest BCUT2D eigenvalue weighted by molar-refractivity contribution is 7.12. The number of thiophene rings is 1. The molecule has 0 fully saturated rings. The highest BCUT2D eigenvalue weighted by atomic mass is 35.5. The van der Waals surface area contributed by atoms with Crippen LogP contribution in [0.1, 0.15) is 22.2 Å². The Morgan fingerprint density at radius 3 is 2.57 bits per heavy atom. The summed E-state index contributed by atoms with van der Waals surface area (Å²) in [4.78, 5) is 35.9. The molecule has 2 aromatic rings. The molecule has 0 unspecified atom stereocenters. The lowest BCUT2D eigenvalue weighted by Gasteiger charge is -2.15. The molecule has 0 aliphatic heterocycles. The van der Waals surface area contributed by atoms with Gasteiger partial charge in [0.2, 0.25) is 0 Å². The Balaban J connectivity index is 1.88. The van der Waals surface area contributed by atoms with Crippen LogP contribution < -0.4 is 10.6 Å². The van der Waals surface area contributed by atoms with Crippen LogP contribution in [-0.4, -0.2) is 30.4 Å². The molecule has 0 radical (unpaired) electrons. The van der Waals surface area contributed by atoms with Crippen molar-refractivity contribution in [1.29, 1.82) is 0 Å². The number of rotatable bonds is 6. The number of carbonyl (C=O) groups excluding carboxylic acids is 3. The topological polar surface area (TPSA) is 84.5 Å². The van der Waals surface area contributed by atoms with Crippen LogP contribution in [0.2, 0.25) is 5.02 Å². The van der Waals surface area contributed by atoms with Crippen molar-refractivity contribution in [2.45, 2.75) is 19.2 Å². The monoisotopic (exact) mass is 434 g/mol. The first-order chi connectivity index (χ1) is 13.1. The molecule has 0 spiro atoms. The van der Waals surface area contributed by atoms with E-state index in [0.717, 1.165) is 6.07 Å². The molecule has 2 rings (SSSR count). The van der Waals surface area contributed by atoms with E-state index in [1.54, 1.807) is 17.5 Å². The average Bonchev–Trinajstić information content (AvgIpc) is 3.15. The van der Waals surface area contributed by atoms with Crippen molar-refractivity contribution >= 4 is 46.4 Å². The summed E-state index contributed by atoms with van der Waals surface area (Å²) < 4.78 is 43.4. The molecule has 28 heavy (non-hydrogen) atoms. The lowest BCUT2D eigenvalue weighted by molar-refractivity contribution is -0.152. The van der Waals surface area contributed by atoms with Gasteiger partial charge in [0.1, 0.15) is 6.54 Å². The Bertz CT molecular complexity index is 872. The Morgan fingerprint density at radius 1 is 1.25 bits per heavy atom. The first-order valence-electron chi connectivity index (χ1n) is 7.76. The SMILES string of the molecule is C[C@@H](OC(=O)CNC(=O)c1cccs1)C(=O)Nc1ccc(Cl)c(C(F)(F)F)c1. The molecule has 2 amide bonds. The Hall–Kier alpha value is -2.59. The third kappa shape index (κ3) is 5.96. The van der Waals surface area contributed by atoms with Gasteiger partial charge in [-0.1, -0.05) is 17.7 Å². The van der Waals surface area contributed by atoms with Crippen molar-refractivity contribution in [2.75, 3.05) is 11.9 Å². The maximum atomic E-state index is 12.8. The van der Waals surface area contributed by atoms with Gasteiger partial charge < -0.3 is 15.4 Å². The number of benzene rings is 1. The number of carbonyl (C=O) groups is 3. The van der Waals surface area contributed by atoms with Crippen LogP contribution in [0.5, 0.6) is 0 Å². The van der Waals surface area contributed by atoms with E-state index < -0.39 is 47.2 Å². The second-order valence-electron chi connectivity index (χ2n) is 5.47. The van der Waals surface area contributed by atoms with Crippen LogP contribution >= 0.6 is 22.9 Å². The molecule has 1 aromatic heterocycles. The Labute approximate surface area is 166 Å². The van der Waals surface area contributed by atoms with E-state index in [1.165, 1.54) is 24.3 Å². The number of alkyl halides is 3. The molecule has 0 saturated carbocycles. The average molecular weight is 435 g/mol. The number of hydrogen-bond donors (Lipinski definition) is 2. The Morgan fingerprint density at radius 2 is 1.96 bits per heavy atom. The molecule has 0 aliphatic rings. The van der Waals surface area contributed by atoms with Crippen LogP contribution in [0.3, 0.4) is 0 Å². The molecule has 0 bridgehead atoms. The van der Waals surface area contributed by atoms with Crippen molar-refractivity contribution in [1.82, 2.24) is 5.32 Å². The van der Waals surface area contributed by atoms with Crippen LogP contribution in [-0.2, 0) is 20.5 Å². The van der Waals surface area contributed by atoms with Gasteiger partial charge in [-0.2, -0.15) is 13.2 Å². The fourth-order valence-corrected chi connectivity index (χ4v) is 2.87. The van der Waals surface area contributed by atoms with E-state index in [-0.39, 0.29) is 5.69 Å². The molecule has 11 heteroatoms. The molecule has 150 valence electrons. The number of anilines is 1. The van der Waals surface area contributed by atoms with Gasteiger partial charge in [-0.3, -0.25) is 14.4 Å². The molecule has 0 saturated heterocycles. The summed E-state index contributed by atoms with van der Waals surface area (Å²) in [5.41, 5.74) is -1.26. The maximum absolute atomic E-state index is 12.8. The molecular formula is C17H14ClF3N2O4S. The van der Waals surface area contributed by atoms with Gasteiger partial charge >= 0.3 is 12.1 Å². The van der Waals surface area contributed by atoms with Crippen LogP contribution in [0.4, 0.5) is 18.9 Å². The predicted octanol–water partition coefficient (Wildman–Crippen LogP) is 3.72. The summed E-state index contributed by atoms with van der Waals surface area (Å²) in [6.45, 7) is 0.780. The second-order valence-corrected chi connectivity index (χ2v) is 6.83. The molecule has 6 nitrogen and oxygen atoms in total. The molecule has 2 N–H and O–H groups in total. The van der Waals surface area contributed by atoms with E-state index in [1.807, 2.05) is 0 Å². The van der Waals surface area contributed by atoms with Crippen molar-refractivity contribution in [2.24, 2.45) is 0 Å². The number of halogens is 4. The number of amides is 2. The van der Waals surface area contributed by atoms with Gasteiger partial charge in [-0.25, -0.2) is 0 Å². The zero-order valence-corrected chi connectivity index (χ0v) is 15.9. The third-order valence-electron chi connectivity index (χ3n) is 3.35. The van der Waals surface area contributed by atoms with E-state index >= 15 is 0 Å². The zero-order valence-electron chi connectivity index (χ0n) is 14.3. The summed E-state index contributed by atoms with van der Waals surface area (Å²) in [6, 6.07) is 6.10. The highest BCUT2D eigenvalue weighted by Gasteiger charge is 2.33. The number of ether oxygens (including phenoxy) is 1. The number of esters is 1. The van der Waals surface area contributed by atoms with E-state index in [0.29, 0.717) is 10.9 Å². The molecular weight excluding hydrogens is 421 g/mol. The summed E-state index contributed by atoms with van der Waals surface area (Å²) in [7, 11) is 0. The number of nitrogens with one attached hydrogen (secondary N) is 2. The normalized spacial score (nSPS) is 12.2. The lowest BCUT2D eigenvalue weighted by Crippen LogP contribution is -2.35. The first-order valence-corrected chi connectivity index (χ1v) is 9.02. The summed E-state index contributed by atoms with van der Waals surface area (Å²) in [6.07, 6.45) is -5.98. The van der Waals surface area contributed by atoms with Crippen molar-refractivity contribution in [3.63, 3.8) is 0 Å². The number of hydrogen-bond acceptors (Lipinski definition) is 5. The first kappa shape index (κ1) is 21.7. The molecule has 0 aliphatic carbocycles. The summed E-state index contributed by atoms with van der Waals surface area (Å²) in [5, 5.41) is 5.74. The van der Waals surface area contributed by atoms with Gasteiger partial charge in [-0.05, 0) is 36.6 Å². The van der Waals surface area contributed by atoms with Crippen LogP contribution in [0, 0.1) is 0 Å². The lowest BCUT2D eigenvalue weighted by atomic mass is 10.2. The fraction of sp³-hybridized carbons (Fsp3) is 0.235. The molecule has 1 heterocycles. The smallest absolute Gasteiger partial charge is 0.417 e. The van der Waals surface area contributed by atoms with E-state index in [2.05, 4.69) is 10.6 Å². The molecule has 1 atom stereocenters. The Kier molecular flexibility index (Phi) is 7.03. The second kappa shape index (κ2) is 9.07. The van der Waals surface area contributed by atoms with Crippen LogP contribution in [0.25, 0.3) is 0 Å². The zero-order chi connectivity index (χ0) is 20.9. The standard InChI is InChI=1S/C17H14ClF3N2O4S/c1-9(27-14(24)8-22-16(26)13-3-2-6-28-13)15(25)23-10-4-5-12(18)11(7-10)17(19,20)21/h2-7,9H,8H2,1H3,(H,22,26)(H,23,25)/t9-/m1/s1. The fourth-order valence-electron chi connectivity index (χ4n) is 2.00. The minimum absolute atomic E-state index is 0.157. The van der Waals surface area contributed by atoms with Gasteiger partial charge in [-0.15, -0.1) is 11.3 Å². The molecule has 1 aromatic carbocycles. The largest absolute Gasteiger partial charge is 0.451 e. The van der Waals surface area contributed by atoms with Crippen molar-refractivity contribution in [3.8, 4) is 0 Å². The quantitative estimate of drug-likeness (QED) is 0.679. The van der Waals surface area contributed by atoms with Crippen molar-refractivity contribution < 1.29 is 32.3 Å². The van der Waals surface area contributed by atoms with Gasteiger partial charge in [0.15, 0.2) is 6.10 Å². The minimum Gasteiger partial charge on any atom is -0.451 e. The van der Waals surface area contributed by atoms with E-state index in [4.69, 9.17) is 16.3 Å². The van der Waals surface area contributed by atoms with Gasteiger partial charge in [0.25, 0.3) is 11.8 Å². The van der Waals surface area contributed by atoms with Crippen molar-refractivity contribution in [3.05, 3.63) is 51.2 Å². The maximum Gasteiger partial charge on any atom is 0.417 e. The van der Waals surface area contributed by atoms with E-state index in [9.17, 15) is 27.6 Å². The minimum atomic E-state index is -4.68. The van der Waals surface area contributed by atoms with Gasteiger partial charge in [0.05, 0.1) is 15.5 Å². The van der Waals surface area contributed by atoms with Gasteiger partial charge in [0, 0.05) is 5.69 Å². The summed E-state index contributed by atoms with van der Waals surface area (Å²) >= 11 is 6.70. The van der Waals surface area contributed by atoms with Crippen LogP contribution in [0.15, 0.2) is 35.7 Å². The highest BCUT2D eigenvalue weighted by Crippen LogP contribution is 2.36. The summed E-state index contributed by atoms with van der Waals surface area (Å²) in [5.74, 6) is -2.18.